The third kappa shape index (κ3) is 4.65. The maximum atomic E-state index is 13.1. The van der Waals surface area contributed by atoms with Crippen molar-refractivity contribution in [2.24, 2.45) is 0 Å². The predicted octanol–water partition coefficient (Wildman–Crippen LogP) is 4.79. The van der Waals surface area contributed by atoms with Gasteiger partial charge in [0.1, 0.15) is 0 Å². The molecule has 0 fully saturated rings. The molecule has 0 heterocycles. The number of likely N-dealkylation sites (N-methyl/N-ethyl adjacent to an activating group) is 1. The molecule has 2 nitrogen and oxygen atoms in total. The van der Waals surface area contributed by atoms with Crippen molar-refractivity contribution < 1.29 is 4.79 Å². The van der Waals surface area contributed by atoms with Crippen molar-refractivity contribution >= 4 is 5.78 Å². The van der Waals surface area contributed by atoms with Gasteiger partial charge in [0.25, 0.3) is 0 Å². The van der Waals surface area contributed by atoms with Crippen molar-refractivity contribution in [3.8, 4) is 0 Å². The van der Waals surface area contributed by atoms with Gasteiger partial charge in [-0.2, -0.15) is 0 Å². The van der Waals surface area contributed by atoms with E-state index >= 15 is 0 Å². The molecule has 0 spiro atoms. The van der Waals surface area contributed by atoms with E-state index in [-0.39, 0.29) is 11.7 Å². The number of Topliss-reactive ketones (excluding diaryl/α,β-unsaturated/α-hetero) is 1. The number of carbonyl (C=O) groups excluding carboxylic acids is 1. The van der Waals surface area contributed by atoms with Crippen LogP contribution in [0.5, 0.6) is 0 Å². The summed E-state index contributed by atoms with van der Waals surface area (Å²) in [6.45, 7) is 1.51. The third-order valence-electron chi connectivity index (χ3n) is 4.37. The van der Waals surface area contributed by atoms with Gasteiger partial charge in [0.2, 0.25) is 0 Å². The van der Waals surface area contributed by atoms with Gasteiger partial charge in [-0.3, -0.25) is 4.79 Å². The third-order valence-corrected chi connectivity index (χ3v) is 4.37. The van der Waals surface area contributed by atoms with E-state index in [1.807, 2.05) is 78.9 Å². The Morgan fingerprint density at radius 2 is 1.32 bits per heavy atom. The van der Waals surface area contributed by atoms with E-state index in [4.69, 9.17) is 0 Å². The van der Waals surface area contributed by atoms with Crippen molar-refractivity contribution in [2.45, 2.75) is 12.5 Å². The quantitative estimate of drug-likeness (QED) is 0.581. The zero-order valence-electron chi connectivity index (χ0n) is 14.5. The van der Waals surface area contributed by atoms with Crippen molar-refractivity contribution in [1.82, 2.24) is 4.90 Å². The van der Waals surface area contributed by atoms with E-state index < -0.39 is 0 Å². The molecule has 0 N–H and O–H groups in total. The van der Waals surface area contributed by atoms with Crippen molar-refractivity contribution in [3.05, 3.63) is 108 Å². The minimum atomic E-state index is -0.169. The first kappa shape index (κ1) is 17.1. The lowest BCUT2D eigenvalue weighted by atomic mass is 9.90. The van der Waals surface area contributed by atoms with E-state index in [0.717, 1.165) is 17.7 Å². The lowest BCUT2D eigenvalue weighted by molar-refractivity contribution is 0.0938. The second-order valence-corrected chi connectivity index (χ2v) is 6.38. The van der Waals surface area contributed by atoms with Gasteiger partial charge in [0, 0.05) is 18.7 Å². The summed E-state index contributed by atoms with van der Waals surface area (Å²) in [5.74, 6) is 0.00373. The van der Waals surface area contributed by atoms with E-state index in [9.17, 15) is 4.79 Å². The fourth-order valence-electron chi connectivity index (χ4n) is 3.10. The summed E-state index contributed by atoms with van der Waals surface area (Å²) in [6, 6.07) is 30.0. The Labute approximate surface area is 149 Å². The largest absolute Gasteiger partial charge is 0.301 e. The number of rotatable bonds is 7. The molecule has 3 aromatic carbocycles. The van der Waals surface area contributed by atoms with E-state index in [2.05, 4.69) is 24.1 Å². The average molecular weight is 329 g/mol. The monoisotopic (exact) mass is 329 g/mol. The normalized spacial score (nSPS) is 12.1. The Balaban J connectivity index is 1.80. The zero-order valence-corrected chi connectivity index (χ0v) is 14.5. The lowest BCUT2D eigenvalue weighted by Gasteiger charge is -2.24. The molecule has 0 saturated heterocycles. The molecular weight excluding hydrogens is 306 g/mol. The van der Waals surface area contributed by atoms with Crippen LogP contribution in [-0.2, 0) is 6.54 Å². The molecule has 1 atom stereocenters. The SMILES string of the molecule is CN(Cc1ccccc1)CC(C(=O)c1ccccc1)c1ccccc1. The summed E-state index contributed by atoms with van der Waals surface area (Å²) in [6.07, 6.45) is 0. The molecule has 0 aliphatic heterocycles. The zero-order chi connectivity index (χ0) is 17.5. The highest BCUT2D eigenvalue weighted by atomic mass is 16.1. The fourth-order valence-corrected chi connectivity index (χ4v) is 3.10. The predicted molar refractivity (Wildman–Crippen MR) is 103 cm³/mol. The van der Waals surface area contributed by atoms with Crippen molar-refractivity contribution in [1.29, 1.82) is 0 Å². The molecule has 0 aromatic heterocycles. The molecule has 126 valence electrons. The summed E-state index contributed by atoms with van der Waals surface area (Å²) in [5, 5.41) is 0. The van der Waals surface area contributed by atoms with Crippen LogP contribution in [0.3, 0.4) is 0 Å². The molecule has 1 unspecified atom stereocenters. The summed E-state index contributed by atoms with van der Waals surface area (Å²) in [4.78, 5) is 15.3. The number of hydrogen-bond donors (Lipinski definition) is 0. The number of hydrogen-bond acceptors (Lipinski definition) is 2. The first-order valence-corrected chi connectivity index (χ1v) is 8.60. The highest BCUT2D eigenvalue weighted by molar-refractivity contribution is 6.01. The number of benzene rings is 3. The van der Waals surface area contributed by atoms with Crippen molar-refractivity contribution in [3.63, 3.8) is 0 Å². The fraction of sp³-hybridized carbons (Fsp3) is 0.174. The van der Waals surface area contributed by atoms with Gasteiger partial charge in [0.15, 0.2) is 5.78 Å². The minimum absolute atomic E-state index is 0.169. The topological polar surface area (TPSA) is 20.3 Å². The van der Waals surface area contributed by atoms with Crippen LogP contribution in [0.25, 0.3) is 0 Å². The number of nitrogens with zero attached hydrogens (tertiary/aromatic N) is 1. The second kappa shape index (κ2) is 8.41. The Morgan fingerprint density at radius 3 is 1.92 bits per heavy atom. The Bertz CT molecular complexity index is 784. The molecule has 3 aromatic rings. The summed E-state index contributed by atoms with van der Waals surface area (Å²) in [5.41, 5.74) is 3.09. The number of ketones is 1. The first-order chi connectivity index (χ1) is 12.2. The van der Waals surface area contributed by atoms with Gasteiger partial charge in [-0.05, 0) is 18.2 Å². The van der Waals surface area contributed by atoms with Crippen LogP contribution in [0.2, 0.25) is 0 Å². The second-order valence-electron chi connectivity index (χ2n) is 6.38. The molecule has 2 heteroatoms. The van der Waals surface area contributed by atoms with Gasteiger partial charge < -0.3 is 4.90 Å². The van der Waals surface area contributed by atoms with Crippen LogP contribution in [0.15, 0.2) is 91.0 Å². The van der Waals surface area contributed by atoms with E-state index in [1.165, 1.54) is 5.56 Å². The van der Waals surface area contributed by atoms with Gasteiger partial charge in [-0.1, -0.05) is 91.0 Å². The highest BCUT2D eigenvalue weighted by Gasteiger charge is 2.23. The minimum Gasteiger partial charge on any atom is -0.301 e. The lowest BCUT2D eigenvalue weighted by Crippen LogP contribution is -2.29. The maximum Gasteiger partial charge on any atom is 0.171 e. The Kier molecular flexibility index (Phi) is 5.76. The molecule has 25 heavy (non-hydrogen) atoms. The smallest absolute Gasteiger partial charge is 0.171 e. The van der Waals surface area contributed by atoms with Gasteiger partial charge >= 0.3 is 0 Å². The summed E-state index contributed by atoms with van der Waals surface area (Å²) in [7, 11) is 2.07. The van der Waals surface area contributed by atoms with Gasteiger partial charge in [0.05, 0.1) is 5.92 Å². The molecule has 0 bridgehead atoms. The van der Waals surface area contributed by atoms with Crippen LogP contribution in [0, 0.1) is 0 Å². The standard InChI is InChI=1S/C23H23NO/c1-24(17-19-11-5-2-6-12-19)18-22(20-13-7-3-8-14-20)23(25)21-15-9-4-10-16-21/h2-16,22H,17-18H2,1H3. The number of carbonyl (C=O) groups is 1. The first-order valence-electron chi connectivity index (χ1n) is 8.60. The summed E-state index contributed by atoms with van der Waals surface area (Å²) >= 11 is 0. The Morgan fingerprint density at radius 1 is 0.800 bits per heavy atom. The average Bonchev–Trinajstić information content (AvgIpc) is 2.68. The van der Waals surface area contributed by atoms with E-state index in [1.54, 1.807) is 0 Å². The molecule has 3 rings (SSSR count). The molecular formula is C23H23NO. The molecule has 0 radical (unpaired) electrons. The van der Waals surface area contributed by atoms with Crippen LogP contribution in [0.1, 0.15) is 27.4 Å². The van der Waals surface area contributed by atoms with Gasteiger partial charge in [-0.15, -0.1) is 0 Å². The van der Waals surface area contributed by atoms with Crippen molar-refractivity contribution in [2.75, 3.05) is 13.6 Å². The summed E-state index contributed by atoms with van der Waals surface area (Å²) < 4.78 is 0. The van der Waals surface area contributed by atoms with Gasteiger partial charge in [-0.25, -0.2) is 0 Å². The Hall–Kier alpha value is -2.71. The van der Waals surface area contributed by atoms with Crippen LogP contribution in [-0.4, -0.2) is 24.3 Å². The molecule has 0 amide bonds. The molecule has 0 aliphatic carbocycles. The highest BCUT2D eigenvalue weighted by Crippen LogP contribution is 2.22. The van der Waals surface area contributed by atoms with Crippen LogP contribution >= 0.6 is 0 Å². The van der Waals surface area contributed by atoms with Crippen LogP contribution < -0.4 is 0 Å². The molecule has 0 saturated carbocycles. The molecule has 0 aliphatic rings. The van der Waals surface area contributed by atoms with E-state index in [0.29, 0.717) is 6.54 Å². The maximum absolute atomic E-state index is 13.1. The van der Waals surface area contributed by atoms with Crippen LogP contribution in [0.4, 0.5) is 0 Å².